The molecule has 0 aliphatic carbocycles. The molecule has 4 nitrogen and oxygen atoms in total. The Kier molecular flexibility index (Phi) is 4.51. The number of aldehydes is 1. The maximum Gasteiger partial charge on any atom is 0.335 e. The van der Waals surface area contributed by atoms with Crippen molar-refractivity contribution < 1.29 is 19.4 Å². The lowest BCUT2D eigenvalue weighted by molar-refractivity contribution is 0.0696. The zero-order valence-corrected chi connectivity index (χ0v) is 9.10. The van der Waals surface area contributed by atoms with Crippen molar-refractivity contribution in [2.45, 2.75) is 19.8 Å². The first-order valence-electron chi connectivity index (χ1n) is 5.13. The fraction of sp³-hybridized carbons (Fsp3) is 0.333. The van der Waals surface area contributed by atoms with E-state index in [2.05, 4.69) is 0 Å². The van der Waals surface area contributed by atoms with Crippen LogP contribution in [0, 0.1) is 0 Å². The van der Waals surface area contributed by atoms with E-state index in [-0.39, 0.29) is 5.56 Å². The van der Waals surface area contributed by atoms with Crippen molar-refractivity contribution in [2.24, 2.45) is 0 Å². The maximum absolute atomic E-state index is 10.8. The van der Waals surface area contributed by atoms with Crippen molar-refractivity contribution in [1.29, 1.82) is 0 Å². The zero-order chi connectivity index (χ0) is 12.0. The van der Waals surface area contributed by atoms with Gasteiger partial charge in [-0.3, -0.25) is 4.79 Å². The molecule has 0 bridgehead atoms. The van der Waals surface area contributed by atoms with Crippen molar-refractivity contribution in [1.82, 2.24) is 0 Å². The predicted molar refractivity (Wildman–Crippen MR) is 59.2 cm³/mol. The van der Waals surface area contributed by atoms with Crippen LogP contribution in [0.5, 0.6) is 5.75 Å². The van der Waals surface area contributed by atoms with Gasteiger partial charge in [-0.15, -0.1) is 0 Å². The third-order valence-electron chi connectivity index (χ3n) is 2.08. The van der Waals surface area contributed by atoms with E-state index in [1.807, 2.05) is 6.92 Å². The molecule has 0 saturated carbocycles. The highest BCUT2D eigenvalue weighted by Gasteiger charge is 2.07. The second kappa shape index (κ2) is 5.90. The van der Waals surface area contributed by atoms with Crippen LogP contribution in [-0.2, 0) is 0 Å². The number of ether oxygens (including phenoxy) is 1. The van der Waals surface area contributed by atoms with Gasteiger partial charge in [-0.05, 0) is 24.6 Å². The minimum absolute atomic E-state index is 0.0658. The zero-order valence-electron chi connectivity index (χ0n) is 9.10. The molecule has 4 heteroatoms. The number of aromatic carboxylic acids is 1. The molecule has 0 spiro atoms. The smallest absolute Gasteiger partial charge is 0.335 e. The molecule has 1 aromatic rings. The summed E-state index contributed by atoms with van der Waals surface area (Å²) in [6.45, 7) is 2.56. The predicted octanol–water partition coefficient (Wildman–Crippen LogP) is 2.38. The standard InChI is InChI=1S/C12H14O4/c1-2-3-4-16-11-6-9(8-13)5-10(7-11)12(14)15/h5-8H,2-4H2,1H3,(H,14,15). The van der Waals surface area contributed by atoms with Gasteiger partial charge in [-0.1, -0.05) is 13.3 Å². The second-order valence-electron chi connectivity index (χ2n) is 3.42. The van der Waals surface area contributed by atoms with Crippen molar-refractivity contribution in [2.75, 3.05) is 6.61 Å². The largest absolute Gasteiger partial charge is 0.494 e. The molecule has 0 atom stereocenters. The fourth-order valence-corrected chi connectivity index (χ4v) is 1.23. The summed E-state index contributed by atoms with van der Waals surface area (Å²) in [7, 11) is 0. The first kappa shape index (κ1) is 12.2. The van der Waals surface area contributed by atoms with Crippen molar-refractivity contribution in [3.8, 4) is 5.75 Å². The molecule has 0 amide bonds. The van der Waals surface area contributed by atoms with Gasteiger partial charge in [0, 0.05) is 5.56 Å². The van der Waals surface area contributed by atoms with Crippen molar-refractivity contribution in [3.63, 3.8) is 0 Å². The molecule has 16 heavy (non-hydrogen) atoms. The van der Waals surface area contributed by atoms with Crippen LogP contribution in [0.4, 0.5) is 0 Å². The van der Waals surface area contributed by atoms with Crippen LogP contribution in [0.25, 0.3) is 0 Å². The van der Waals surface area contributed by atoms with E-state index in [1.54, 1.807) is 0 Å². The lowest BCUT2D eigenvalue weighted by atomic mass is 10.1. The summed E-state index contributed by atoms with van der Waals surface area (Å²) < 4.78 is 5.36. The highest BCUT2D eigenvalue weighted by molar-refractivity contribution is 5.90. The van der Waals surface area contributed by atoms with Crippen LogP contribution in [0.2, 0.25) is 0 Å². The highest BCUT2D eigenvalue weighted by Crippen LogP contribution is 2.17. The number of carbonyl (C=O) groups excluding carboxylic acids is 1. The molecule has 1 N–H and O–H groups in total. The first-order chi connectivity index (χ1) is 7.67. The fourth-order valence-electron chi connectivity index (χ4n) is 1.23. The lowest BCUT2D eigenvalue weighted by Crippen LogP contribution is -2.01. The van der Waals surface area contributed by atoms with Gasteiger partial charge in [-0.2, -0.15) is 0 Å². The van der Waals surface area contributed by atoms with Crippen LogP contribution >= 0.6 is 0 Å². The number of hydrogen-bond acceptors (Lipinski definition) is 3. The van der Waals surface area contributed by atoms with Crippen LogP contribution in [0.3, 0.4) is 0 Å². The van der Waals surface area contributed by atoms with Crippen molar-refractivity contribution >= 4 is 12.3 Å². The van der Waals surface area contributed by atoms with E-state index in [1.165, 1.54) is 18.2 Å². The van der Waals surface area contributed by atoms with Crippen LogP contribution in [0.15, 0.2) is 18.2 Å². The number of carboxylic acid groups (broad SMARTS) is 1. The molecule has 1 aromatic carbocycles. The molecule has 1 rings (SSSR count). The van der Waals surface area contributed by atoms with E-state index in [0.29, 0.717) is 24.2 Å². The molecule has 0 unspecified atom stereocenters. The molecule has 0 radical (unpaired) electrons. The monoisotopic (exact) mass is 222 g/mol. The summed E-state index contributed by atoms with van der Waals surface area (Å²) in [6, 6.07) is 4.28. The number of hydrogen-bond donors (Lipinski definition) is 1. The number of carbonyl (C=O) groups is 2. The SMILES string of the molecule is CCCCOc1cc(C=O)cc(C(=O)O)c1. The molecular formula is C12H14O4. The quantitative estimate of drug-likeness (QED) is 0.592. The number of benzene rings is 1. The number of carboxylic acids is 1. The van der Waals surface area contributed by atoms with E-state index in [9.17, 15) is 9.59 Å². The Morgan fingerprint density at radius 1 is 1.44 bits per heavy atom. The molecular weight excluding hydrogens is 208 g/mol. The molecule has 0 aromatic heterocycles. The average molecular weight is 222 g/mol. The van der Waals surface area contributed by atoms with E-state index < -0.39 is 5.97 Å². The topological polar surface area (TPSA) is 63.6 Å². The van der Waals surface area contributed by atoms with Crippen LogP contribution in [-0.4, -0.2) is 24.0 Å². The molecule has 0 saturated heterocycles. The molecule has 0 heterocycles. The van der Waals surface area contributed by atoms with Crippen LogP contribution < -0.4 is 4.74 Å². The van der Waals surface area contributed by atoms with E-state index in [0.717, 1.165) is 12.8 Å². The normalized spacial score (nSPS) is 9.81. The molecule has 0 fully saturated rings. The summed E-state index contributed by atoms with van der Waals surface area (Å²) in [4.78, 5) is 21.4. The summed E-state index contributed by atoms with van der Waals surface area (Å²) >= 11 is 0. The van der Waals surface area contributed by atoms with E-state index >= 15 is 0 Å². The average Bonchev–Trinajstić information content (AvgIpc) is 2.29. The molecule has 86 valence electrons. The van der Waals surface area contributed by atoms with Gasteiger partial charge in [0.25, 0.3) is 0 Å². The first-order valence-corrected chi connectivity index (χ1v) is 5.13. The molecule has 0 aliphatic rings. The van der Waals surface area contributed by atoms with Gasteiger partial charge in [0.05, 0.1) is 12.2 Å². The minimum Gasteiger partial charge on any atom is -0.494 e. The van der Waals surface area contributed by atoms with Crippen molar-refractivity contribution in [3.05, 3.63) is 29.3 Å². The Hall–Kier alpha value is -1.84. The van der Waals surface area contributed by atoms with Gasteiger partial charge in [0.1, 0.15) is 12.0 Å². The Morgan fingerprint density at radius 2 is 2.19 bits per heavy atom. The summed E-state index contributed by atoms with van der Waals surface area (Å²) in [6.07, 6.45) is 2.51. The Balaban J connectivity index is 2.86. The van der Waals surface area contributed by atoms with Gasteiger partial charge in [0.15, 0.2) is 0 Å². The van der Waals surface area contributed by atoms with Gasteiger partial charge >= 0.3 is 5.97 Å². The summed E-state index contributed by atoms with van der Waals surface area (Å²) in [5, 5.41) is 8.83. The number of rotatable bonds is 6. The van der Waals surface area contributed by atoms with Gasteiger partial charge in [-0.25, -0.2) is 4.79 Å². The van der Waals surface area contributed by atoms with Gasteiger partial charge in [0.2, 0.25) is 0 Å². The summed E-state index contributed by atoms with van der Waals surface area (Å²) in [5.74, 6) is -0.639. The Labute approximate surface area is 93.9 Å². The lowest BCUT2D eigenvalue weighted by Gasteiger charge is -2.06. The number of unbranched alkanes of at least 4 members (excludes halogenated alkanes) is 1. The Bertz CT molecular complexity index is 385. The molecule has 0 aliphatic heterocycles. The second-order valence-corrected chi connectivity index (χ2v) is 3.42. The van der Waals surface area contributed by atoms with Crippen LogP contribution in [0.1, 0.15) is 40.5 Å². The minimum atomic E-state index is -1.07. The van der Waals surface area contributed by atoms with E-state index in [4.69, 9.17) is 9.84 Å². The summed E-state index contributed by atoms with van der Waals surface area (Å²) in [5.41, 5.74) is 0.377. The van der Waals surface area contributed by atoms with Gasteiger partial charge < -0.3 is 9.84 Å². The maximum atomic E-state index is 10.8. The Morgan fingerprint density at radius 3 is 2.75 bits per heavy atom. The third kappa shape index (κ3) is 3.38. The highest BCUT2D eigenvalue weighted by atomic mass is 16.5. The third-order valence-corrected chi connectivity index (χ3v) is 2.08.